The van der Waals surface area contributed by atoms with Gasteiger partial charge in [-0.2, -0.15) is 0 Å². The molecular formula is C22H28N3OS+. The Kier molecular flexibility index (Phi) is 5.92. The van der Waals surface area contributed by atoms with Crippen LogP contribution in [0, 0.1) is 20.8 Å². The van der Waals surface area contributed by atoms with Crippen LogP contribution in [-0.4, -0.2) is 38.1 Å². The summed E-state index contributed by atoms with van der Waals surface area (Å²) in [6, 6.07) is 12.1. The van der Waals surface area contributed by atoms with Gasteiger partial charge in [-0.25, -0.2) is 4.98 Å². The largest absolute Gasteiger partial charge is 0.340 e. The van der Waals surface area contributed by atoms with Gasteiger partial charge < -0.3 is 4.90 Å². The normalized spacial score (nSPS) is 11.3. The molecule has 1 heterocycles. The van der Waals surface area contributed by atoms with Gasteiger partial charge in [-0.05, 0) is 55.7 Å². The third-order valence-corrected chi connectivity index (χ3v) is 5.94. The molecule has 3 aromatic rings. The molecule has 1 amide bonds. The number of nitrogens with zero attached hydrogens (tertiary/aromatic N) is 2. The number of quaternary nitrogens is 1. The molecule has 0 bridgehead atoms. The predicted molar refractivity (Wildman–Crippen MR) is 114 cm³/mol. The van der Waals surface area contributed by atoms with Crippen molar-refractivity contribution in [2.24, 2.45) is 0 Å². The molecule has 0 saturated carbocycles. The Bertz CT molecular complexity index is 922. The van der Waals surface area contributed by atoms with Gasteiger partial charge in [0.2, 0.25) is 0 Å². The number of nitrogens with one attached hydrogen (secondary N) is 1. The Morgan fingerprint density at radius 3 is 2.48 bits per heavy atom. The van der Waals surface area contributed by atoms with Crippen LogP contribution in [-0.2, 0) is 0 Å². The number of fused-ring (bicyclic) bond motifs is 1. The highest BCUT2D eigenvalue weighted by Crippen LogP contribution is 2.32. The number of hydrogen-bond acceptors (Lipinski definition) is 3. The van der Waals surface area contributed by atoms with E-state index >= 15 is 0 Å². The van der Waals surface area contributed by atoms with Crippen LogP contribution in [0.5, 0.6) is 0 Å². The van der Waals surface area contributed by atoms with Crippen LogP contribution in [0.1, 0.15) is 33.5 Å². The first kappa shape index (κ1) is 19.5. The molecule has 1 aromatic heterocycles. The van der Waals surface area contributed by atoms with E-state index in [-0.39, 0.29) is 5.91 Å². The van der Waals surface area contributed by atoms with E-state index in [2.05, 4.69) is 40.1 Å². The zero-order valence-electron chi connectivity index (χ0n) is 16.8. The maximum atomic E-state index is 13.3. The minimum atomic E-state index is 0.0364. The van der Waals surface area contributed by atoms with E-state index in [0.717, 1.165) is 39.4 Å². The molecule has 3 rings (SSSR count). The van der Waals surface area contributed by atoms with Crippen LogP contribution in [0.4, 0.5) is 5.13 Å². The summed E-state index contributed by atoms with van der Waals surface area (Å²) in [5, 5.41) is 0.789. The smallest absolute Gasteiger partial charge is 0.260 e. The lowest BCUT2D eigenvalue weighted by Crippen LogP contribution is -3.05. The topological polar surface area (TPSA) is 37.6 Å². The molecule has 0 aliphatic heterocycles. The number of benzene rings is 2. The van der Waals surface area contributed by atoms with Gasteiger partial charge in [-0.15, -0.1) is 0 Å². The summed E-state index contributed by atoms with van der Waals surface area (Å²) >= 11 is 1.60. The van der Waals surface area contributed by atoms with Crippen LogP contribution in [0.15, 0.2) is 36.4 Å². The number of carbonyl (C=O) groups is 1. The predicted octanol–water partition coefficient (Wildman–Crippen LogP) is 3.40. The summed E-state index contributed by atoms with van der Waals surface area (Å²) < 4.78 is 1.13. The van der Waals surface area contributed by atoms with Gasteiger partial charge in [0.05, 0.1) is 30.9 Å². The Morgan fingerprint density at radius 2 is 1.78 bits per heavy atom. The maximum absolute atomic E-state index is 13.3. The number of aryl methyl sites for hydroxylation is 3. The van der Waals surface area contributed by atoms with E-state index in [1.165, 1.54) is 16.0 Å². The summed E-state index contributed by atoms with van der Waals surface area (Å²) in [4.78, 5) is 21.4. The first-order valence-corrected chi connectivity index (χ1v) is 10.2. The first-order valence-electron chi connectivity index (χ1n) is 9.41. The summed E-state index contributed by atoms with van der Waals surface area (Å²) in [7, 11) is 4.27. The van der Waals surface area contributed by atoms with Gasteiger partial charge >= 0.3 is 0 Å². The number of carbonyl (C=O) groups excluding carboxylic acids is 1. The molecule has 27 heavy (non-hydrogen) atoms. The van der Waals surface area contributed by atoms with Crippen LogP contribution < -0.4 is 9.80 Å². The van der Waals surface area contributed by atoms with E-state index in [0.29, 0.717) is 6.54 Å². The lowest BCUT2D eigenvalue weighted by atomic mass is 10.1. The quantitative estimate of drug-likeness (QED) is 0.709. The van der Waals surface area contributed by atoms with Crippen molar-refractivity contribution in [2.45, 2.75) is 27.2 Å². The minimum Gasteiger partial charge on any atom is -0.340 e. The molecule has 0 spiro atoms. The lowest BCUT2D eigenvalue weighted by Gasteiger charge is -2.21. The molecule has 142 valence electrons. The zero-order chi connectivity index (χ0) is 19.6. The Balaban J connectivity index is 1.98. The fraction of sp³-hybridized carbons (Fsp3) is 0.364. The van der Waals surface area contributed by atoms with Crippen molar-refractivity contribution in [3.63, 3.8) is 0 Å². The average Bonchev–Trinajstić information content (AvgIpc) is 3.01. The van der Waals surface area contributed by atoms with E-state index < -0.39 is 0 Å². The van der Waals surface area contributed by atoms with Crippen molar-refractivity contribution >= 4 is 32.6 Å². The highest BCUT2D eigenvalue weighted by atomic mass is 32.1. The number of anilines is 1. The SMILES string of the molecule is Cc1cc2nc(N(CCC[NH+](C)C)C(=O)c3ccccc3C)sc2cc1C. The number of aromatic nitrogens is 1. The fourth-order valence-electron chi connectivity index (χ4n) is 3.12. The molecule has 5 heteroatoms. The number of amides is 1. The van der Waals surface area contributed by atoms with Gasteiger partial charge in [0, 0.05) is 18.5 Å². The first-order chi connectivity index (χ1) is 12.9. The van der Waals surface area contributed by atoms with Gasteiger partial charge in [-0.3, -0.25) is 9.69 Å². The Labute approximate surface area is 165 Å². The molecule has 0 aliphatic rings. The van der Waals surface area contributed by atoms with Crippen molar-refractivity contribution in [2.75, 3.05) is 32.1 Å². The van der Waals surface area contributed by atoms with Crippen LogP contribution in [0.3, 0.4) is 0 Å². The van der Waals surface area contributed by atoms with Crippen molar-refractivity contribution < 1.29 is 9.69 Å². The van der Waals surface area contributed by atoms with Crippen molar-refractivity contribution in [1.82, 2.24) is 4.98 Å². The Hall–Kier alpha value is -2.24. The number of hydrogen-bond donors (Lipinski definition) is 1. The van der Waals surface area contributed by atoms with Crippen molar-refractivity contribution in [3.8, 4) is 0 Å². The fourth-order valence-corrected chi connectivity index (χ4v) is 4.19. The van der Waals surface area contributed by atoms with E-state index in [4.69, 9.17) is 4.98 Å². The van der Waals surface area contributed by atoms with E-state index in [1.54, 1.807) is 11.3 Å². The lowest BCUT2D eigenvalue weighted by molar-refractivity contribution is -0.858. The van der Waals surface area contributed by atoms with Gasteiger partial charge in [0.25, 0.3) is 5.91 Å². The monoisotopic (exact) mass is 382 g/mol. The molecule has 0 unspecified atom stereocenters. The average molecular weight is 383 g/mol. The molecular weight excluding hydrogens is 354 g/mol. The van der Waals surface area contributed by atoms with Crippen LogP contribution >= 0.6 is 11.3 Å². The Morgan fingerprint density at radius 1 is 1.07 bits per heavy atom. The summed E-state index contributed by atoms with van der Waals surface area (Å²) in [5.74, 6) is 0.0364. The van der Waals surface area contributed by atoms with Gasteiger partial charge in [0.15, 0.2) is 5.13 Å². The second-order valence-corrected chi connectivity index (χ2v) is 8.49. The summed E-state index contributed by atoms with van der Waals surface area (Å²) in [5.41, 5.74) is 5.21. The molecule has 0 atom stereocenters. The van der Waals surface area contributed by atoms with Crippen molar-refractivity contribution in [3.05, 3.63) is 58.7 Å². The molecule has 0 fully saturated rings. The molecule has 1 N–H and O–H groups in total. The molecule has 2 aromatic carbocycles. The molecule has 0 aliphatic carbocycles. The van der Waals surface area contributed by atoms with Gasteiger partial charge in [-0.1, -0.05) is 29.5 Å². The summed E-state index contributed by atoms with van der Waals surface area (Å²) in [6.45, 7) is 7.89. The van der Waals surface area contributed by atoms with Crippen LogP contribution in [0.2, 0.25) is 0 Å². The van der Waals surface area contributed by atoms with Crippen LogP contribution in [0.25, 0.3) is 10.2 Å². The molecule has 4 nitrogen and oxygen atoms in total. The third-order valence-electron chi connectivity index (χ3n) is 4.90. The third kappa shape index (κ3) is 4.37. The maximum Gasteiger partial charge on any atom is 0.260 e. The standard InChI is InChI=1S/C22H27N3OS/c1-15-9-6-7-10-18(15)21(26)25(12-8-11-24(4)5)22-23-19-13-16(2)17(3)14-20(19)27-22/h6-7,9-10,13-14H,8,11-12H2,1-5H3/p+1. The van der Waals surface area contributed by atoms with E-state index in [1.807, 2.05) is 36.1 Å². The highest BCUT2D eigenvalue weighted by molar-refractivity contribution is 7.22. The molecule has 0 saturated heterocycles. The highest BCUT2D eigenvalue weighted by Gasteiger charge is 2.22. The summed E-state index contributed by atoms with van der Waals surface area (Å²) in [6.07, 6.45) is 0.938. The molecule has 0 radical (unpaired) electrons. The number of thiazole rings is 1. The van der Waals surface area contributed by atoms with E-state index in [9.17, 15) is 4.79 Å². The second-order valence-electron chi connectivity index (χ2n) is 7.48. The van der Waals surface area contributed by atoms with Gasteiger partial charge in [0.1, 0.15) is 0 Å². The van der Waals surface area contributed by atoms with Crippen molar-refractivity contribution in [1.29, 1.82) is 0 Å². The zero-order valence-corrected chi connectivity index (χ0v) is 17.6. The number of rotatable bonds is 6. The second kappa shape index (κ2) is 8.19. The minimum absolute atomic E-state index is 0.0364.